The van der Waals surface area contributed by atoms with E-state index in [1.54, 1.807) is 12.1 Å². The Kier molecular flexibility index (Phi) is 5.50. The lowest BCUT2D eigenvalue weighted by atomic mass is 10.1. The van der Waals surface area contributed by atoms with Crippen molar-refractivity contribution in [3.63, 3.8) is 0 Å². The zero-order chi connectivity index (χ0) is 22.2. The second-order valence-electron chi connectivity index (χ2n) is 6.69. The maximum atomic E-state index is 13.1. The number of nitro groups is 1. The molecule has 0 amide bonds. The summed E-state index contributed by atoms with van der Waals surface area (Å²) in [6.07, 6.45) is -4.83. The zero-order valence-electron chi connectivity index (χ0n) is 15.8. The summed E-state index contributed by atoms with van der Waals surface area (Å²) in [5, 5.41) is 14.0. The van der Waals surface area contributed by atoms with Crippen molar-refractivity contribution >= 4 is 43.6 Å². The number of non-ortho nitro benzene ring substituents is 1. The van der Waals surface area contributed by atoms with Gasteiger partial charge in [0.1, 0.15) is 4.70 Å². The van der Waals surface area contributed by atoms with Crippen LogP contribution in [0.1, 0.15) is 5.56 Å². The van der Waals surface area contributed by atoms with Gasteiger partial charge in [-0.15, -0.1) is 0 Å². The summed E-state index contributed by atoms with van der Waals surface area (Å²) >= 11 is 0.751. The number of halogens is 3. The van der Waals surface area contributed by atoms with E-state index in [1.807, 2.05) is 12.1 Å². The molecule has 1 saturated heterocycles. The number of nitrogens with zero attached hydrogens (tertiary/aromatic N) is 3. The highest BCUT2D eigenvalue weighted by Gasteiger charge is 2.34. The van der Waals surface area contributed by atoms with Gasteiger partial charge >= 0.3 is 6.18 Å². The number of hydrogen-bond donors (Lipinski definition) is 1. The summed E-state index contributed by atoms with van der Waals surface area (Å²) in [5.74, 6) is 0. The van der Waals surface area contributed by atoms with Crippen molar-refractivity contribution in [3.05, 3.63) is 62.4 Å². The standard InChI is InChI=1S/C19H15F3N4O4S/c20-19(21,22)11-9-12-16(15(10-11)26(28)29)31-18(24-17(12)27)23-13-3-1-2-4-14(13)25-5-7-30-8-6-25/h1-4,9-10H,5-8H2,(H,23,24,27). The molecule has 162 valence electrons. The summed E-state index contributed by atoms with van der Waals surface area (Å²) in [6.45, 7) is 2.44. The number of para-hydroxylation sites is 2. The number of fused-ring (bicyclic) bond motifs is 1. The van der Waals surface area contributed by atoms with Gasteiger partial charge in [-0.25, -0.2) is 0 Å². The second-order valence-corrected chi connectivity index (χ2v) is 7.69. The third-order valence-electron chi connectivity index (χ3n) is 4.72. The average molecular weight is 452 g/mol. The van der Waals surface area contributed by atoms with E-state index < -0.39 is 33.3 Å². The molecule has 4 rings (SSSR count). The molecule has 2 heterocycles. The highest BCUT2D eigenvalue weighted by molar-refractivity contribution is 7.22. The SMILES string of the molecule is O=c1nc(Nc2ccccc2N2CCOCC2)sc2c([N+](=O)[O-])cc(C(F)(F)F)cc12. The van der Waals surface area contributed by atoms with E-state index in [2.05, 4.69) is 15.2 Å². The number of hydrogen-bond acceptors (Lipinski definition) is 8. The molecule has 0 spiro atoms. The molecule has 0 radical (unpaired) electrons. The number of aromatic nitrogens is 1. The van der Waals surface area contributed by atoms with Crippen molar-refractivity contribution in [1.82, 2.24) is 4.98 Å². The summed E-state index contributed by atoms with van der Waals surface area (Å²) in [7, 11) is 0. The van der Waals surface area contributed by atoms with Gasteiger partial charge in [-0.2, -0.15) is 18.2 Å². The van der Waals surface area contributed by atoms with Crippen molar-refractivity contribution in [1.29, 1.82) is 0 Å². The number of ether oxygens (including phenoxy) is 1. The Balaban J connectivity index is 1.79. The number of nitrogens with one attached hydrogen (secondary N) is 1. The summed E-state index contributed by atoms with van der Waals surface area (Å²) in [6, 6.07) is 8.28. The van der Waals surface area contributed by atoms with Crippen LogP contribution in [-0.2, 0) is 10.9 Å². The van der Waals surface area contributed by atoms with E-state index >= 15 is 0 Å². The fourth-order valence-corrected chi connectivity index (χ4v) is 4.26. The Hall–Kier alpha value is -3.25. The van der Waals surface area contributed by atoms with Crippen molar-refractivity contribution < 1.29 is 22.8 Å². The minimum atomic E-state index is -4.83. The van der Waals surface area contributed by atoms with Crippen molar-refractivity contribution in [3.8, 4) is 0 Å². The van der Waals surface area contributed by atoms with Crippen LogP contribution < -0.4 is 15.8 Å². The van der Waals surface area contributed by atoms with E-state index in [1.165, 1.54) is 0 Å². The fraction of sp³-hybridized carbons (Fsp3) is 0.263. The van der Waals surface area contributed by atoms with Crippen molar-refractivity contribution in [2.45, 2.75) is 6.18 Å². The van der Waals surface area contributed by atoms with Gasteiger partial charge in [-0.05, 0) is 18.2 Å². The van der Waals surface area contributed by atoms with Crippen LogP contribution in [0.25, 0.3) is 10.1 Å². The van der Waals surface area contributed by atoms with E-state index in [0.29, 0.717) is 44.1 Å². The number of nitro benzene ring substituents is 1. The Morgan fingerprint density at radius 3 is 2.58 bits per heavy atom. The maximum absolute atomic E-state index is 13.1. The molecule has 1 fully saturated rings. The first-order valence-electron chi connectivity index (χ1n) is 9.13. The summed E-state index contributed by atoms with van der Waals surface area (Å²) < 4.78 is 44.5. The third kappa shape index (κ3) is 4.30. The highest BCUT2D eigenvalue weighted by Crippen LogP contribution is 2.38. The third-order valence-corrected chi connectivity index (χ3v) is 5.74. The molecule has 1 aromatic heterocycles. The lowest BCUT2D eigenvalue weighted by molar-refractivity contribution is -0.383. The van der Waals surface area contributed by atoms with Gasteiger partial charge < -0.3 is 15.0 Å². The first-order chi connectivity index (χ1) is 14.7. The van der Waals surface area contributed by atoms with Gasteiger partial charge in [0.25, 0.3) is 11.2 Å². The number of anilines is 3. The Morgan fingerprint density at radius 2 is 1.90 bits per heavy atom. The molecule has 1 aliphatic heterocycles. The minimum Gasteiger partial charge on any atom is -0.378 e. The average Bonchev–Trinajstić information content (AvgIpc) is 2.73. The largest absolute Gasteiger partial charge is 0.416 e. The predicted molar refractivity (Wildman–Crippen MR) is 110 cm³/mol. The van der Waals surface area contributed by atoms with Crippen LogP contribution in [0.3, 0.4) is 0 Å². The molecule has 0 aliphatic carbocycles. The van der Waals surface area contributed by atoms with Gasteiger partial charge in [0, 0.05) is 19.2 Å². The normalized spacial score (nSPS) is 14.6. The molecule has 0 bridgehead atoms. The van der Waals surface area contributed by atoms with Gasteiger partial charge in [0.2, 0.25) is 0 Å². The lowest BCUT2D eigenvalue weighted by Gasteiger charge is -2.30. The quantitative estimate of drug-likeness (QED) is 0.469. The van der Waals surface area contributed by atoms with Crippen LogP contribution in [0.15, 0.2) is 41.2 Å². The number of benzene rings is 2. The molecule has 12 heteroatoms. The minimum absolute atomic E-state index is 0.0427. The molecule has 31 heavy (non-hydrogen) atoms. The number of morpholine rings is 1. The van der Waals surface area contributed by atoms with Crippen LogP contribution in [0, 0.1) is 10.1 Å². The predicted octanol–water partition coefficient (Wildman–Crippen LogP) is 4.16. The van der Waals surface area contributed by atoms with Gasteiger partial charge in [0.05, 0.1) is 40.5 Å². The van der Waals surface area contributed by atoms with Gasteiger partial charge in [-0.3, -0.25) is 14.9 Å². The first kappa shape index (κ1) is 21.0. The maximum Gasteiger partial charge on any atom is 0.416 e. The smallest absolute Gasteiger partial charge is 0.378 e. The lowest BCUT2D eigenvalue weighted by Crippen LogP contribution is -2.36. The van der Waals surface area contributed by atoms with Crippen LogP contribution in [0.4, 0.5) is 35.4 Å². The van der Waals surface area contributed by atoms with Crippen LogP contribution in [0.5, 0.6) is 0 Å². The molecule has 0 saturated carbocycles. The van der Waals surface area contributed by atoms with Crippen molar-refractivity contribution in [2.24, 2.45) is 0 Å². The molecule has 8 nitrogen and oxygen atoms in total. The number of rotatable bonds is 4. The molecule has 0 atom stereocenters. The summed E-state index contributed by atoms with van der Waals surface area (Å²) in [5.41, 5.74) is -1.60. The fourth-order valence-electron chi connectivity index (χ4n) is 3.28. The topological polar surface area (TPSA) is 97.6 Å². The second kappa shape index (κ2) is 8.12. The molecular formula is C19H15F3N4O4S. The first-order valence-corrected chi connectivity index (χ1v) is 9.95. The van der Waals surface area contributed by atoms with E-state index in [-0.39, 0.29) is 9.83 Å². The van der Waals surface area contributed by atoms with E-state index in [4.69, 9.17) is 4.74 Å². The highest BCUT2D eigenvalue weighted by atomic mass is 32.1. The molecule has 1 aliphatic rings. The Labute approximate surface area is 177 Å². The molecule has 3 aromatic rings. The Bertz CT molecular complexity index is 1210. The van der Waals surface area contributed by atoms with Crippen molar-refractivity contribution in [2.75, 3.05) is 36.5 Å². The van der Waals surface area contributed by atoms with Crippen LogP contribution in [-0.4, -0.2) is 36.2 Å². The monoisotopic (exact) mass is 452 g/mol. The zero-order valence-corrected chi connectivity index (χ0v) is 16.6. The molecule has 1 N–H and O–H groups in total. The van der Waals surface area contributed by atoms with Crippen LogP contribution in [0.2, 0.25) is 0 Å². The molecule has 0 unspecified atom stereocenters. The molecular weight excluding hydrogens is 437 g/mol. The van der Waals surface area contributed by atoms with Crippen LogP contribution >= 0.6 is 11.3 Å². The summed E-state index contributed by atoms with van der Waals surface area (Å²) in [4.78, 5) is 28.9. The number of alkyl halides is 3. The van der Waals surface area contributed by atoms with E-state index in [0.717, 1.165) is 17.0 Å². The Morgan fingerprint density at radius 1 is 1.19 bits per heavy atom. The van der Waals surface area contributed by atoms with E-state index in [9.17, 15) is 28.1 Å². The van der Waals surface area contributed by atoms with Gasteiger partial charge in [-0.1, -0.05) is 23.5 Å². The molecule has 2 aromatic carbocycles. The van der Waals surface area contributed by atoms with Gasteiger partial charge in [0.15, 0.2) is 5.13 Å².